The van der Waals surface area contributed by atoms with Crippen molar-refractivity contribution in [1.82, 2.24) is 9.55 Å². The molecule has 0 bridgehead atoms. The third-order valence-corrected chi connectivity index (χ3v) is 3.39. The second kappa shape index (κ2) is 4.46. The van der Waals surface area contributed by atoms with E-state index in [1.54, 1.807) is 7.11 Å². The number of aryl methyl sites for hydroxylation is 1. The van der Waals surface area contributed by atoms with Crippen molar-refractivity contribution >= 4 is 0 Å². The van der Waals surface area contributed by atoms with Crippen molar-refractivity contribution in [2.75, 3.05) is 7.11 Å². The SMILES string of the molecule is COc1cccc(-c2ncc3n2CC(O)CC3)c1. The van der Waals surface area contributed by atoms with E-state index in [1.807, 2.05) is 30.5 Å². The van der Waals surface area contributed by atoms with Gasteiger partial charge in [-0.2, -0.15) is 0 Å². The van der Waals surface area contributed by atoms with E-state index in [-0.39, 0.29) is 6.10 Å². The summed E-state index contributed by atoms with van der Waals surface area (Å²) in [6.07, 6.45) is 3.35. The van der Waals surface area contributed by atoms with Gasteiger partial charge < -0.3 is 14.4 Å². The van der Waals surface area contributed by atoms with E-state index in [0.29, 0.717) is 6.54 Å². The molecule has 94 valence electrons. The predicted molar refractivity (Wildman–Crippen MR) is 68.5 cm³/mol. The molecule has 2 aromatic rings. The molecule has 18 heavy (non-hydrogen) atoms. The average Bonchev–Trinajstić information content (AvgIpc) is 2.81. The van der Waals surface area contributed by atoms with Crippen LogP contribution in [0.25, 0.3) is 11.4 Å². The normalized spacial score (nSPS) is 18.4. The number of benzene rings is 1. The molecular formula is C14H16N2O2. The average molecular weight is 244 g/mol. The molecule has 0 saturated carbocycles. The Bertz CT molecular complexity index is 563. The summed E-state index contributed by atoms with van der Waals surface area (Å²) in [5.41, 5.74) is 2.22. The molecule has 0 fully saturated rings. The maximum atomic E-state index is 9.77. The van der Waals surface area contributed by atoms with E-state index in [2.05, 4.69) is 9.55 Å². The van der Waals surface area contributed by atoms with Crippen LogP contribution in [0.3, 0.4) is 0 Å². The Kier molecular flexibility index (Phi) is 2.80. The van der Waals surface area contributed by atoms with Crippen molar-refractivity contribution < 1.29 is 9.84 Å². The third kappa shape index (κ3) is 1.88. The smallest absolute Gasteiger partial charge is 0.140 e. The van der Waals surface area contributed by atoms with Gasteiger partial charge >= 0.3 is 0 Å². The molecular weight excluding hydrogens is 228 g/mol. The highest BCUT2D eigenvalue weighted by molar-refractivity contribution is 5.58. The number of hydrogen-bond acceptors (Lipinski definition) is 3. The number of rotatable bonds is 2. The Labute approximate surface area is 106 Å². The first-order chi connectivity index (χ1) is 8.78. The van der Waals surface area contributed by atoms with Crippen LogP contribution in [-0.4, -0.2) is 27.9 Å². The Balaban J connectivity index is 2.04. The lowest BCUT2D eigenvalue weighted by molar-refractivity contribution is 0.132. The van der Waals surface area contributed by atoms with Gasteiger partial charge in [0.1, 0.15) is 11.6 Å². The van der Waals surface area contributed by atoms with Gasteiger partial charge in [0.25, 0.3) is 0 Å². The minimum absolute atomic E-state index is 0.268. The number of imidazole rings is 1. The summed E-state index contributed by atoms with van der Waals surface area (Å²) >= 11 is 0. The van der Waals surface area contributed by atoms with Gasteiger partial charge in [0.05, 0.1) is 19.8 Å². The zero-order valence-corrected chi connectivity index (χ0v) is 10.3. The second-order valence-electron chi connectivity index (χ2n) is 4.61. The molecule has 0 amide bonds. The maximum Gasteiger partial charge on any atom is 0.140 e. The molecule has 0 saturated heterocycles. The first-order valence-corrected chi connectivity index (χ1v) is 6.15. The standard InChI is InChI=1S/C14H16N2O2/c1-18-13-4-2-3-10(7-13)14-15-8-11-5-6-12(17)9-16(11)14/h2-4,7-8,12,17H,5-6,9H2,1H3. The van der Waals surface area contributed by atoms with Crippen LogP contribution in [0.2, 0.25) is 0 Å². The van der Waals surface area contributed by atoms with E-state index in [9.17, 15) is 5.11 Å². The quantitative estimate of drug-likeness (QED) is 0.877. The number of aromatic nitrogens is 2. The summed E-state index contributed by atoms with van der Waals surface area (Å²) in [5, 5.41) is 9.77. The Morgan fingerprint density at radius 3 is 3.17 bits per heavy atom. The molecule has 1 atom stereocenters. The number of ether oxygens (including phenoxy) is 1. The fraction of sp³-hybridized carbons (Fsp3) is 0.357. The molecule has 1 aliphatic rings. The summed E-state index contributed by atoms with van der Waals surface area (Å²) < 4.78 is 7.33. The molecule has 1 unspecified atom stereocenters. The van der Waals surface area contributed by atoms with Gasteiger partial charge in [-0.1, -0.05) is 12.1 Å². The zero-order valence-electron chi connectivity index (χ0n) is 10.3. The van der Waals surface area contributed by atoms with Gasteiger partial charge in [0.2, 0.25) is 0 Å². The first-order valence-electron chi connectivity index (χ1n) is 6.15. The van der Waals surface area contributed by atoms with Crippen LogP contribution in [0.15, 0.2) is 30.5 Å². The number of nitrogens with zero attached hydrogens (tertiary/aromatic N) is 2. The first kappa shape index (κ1) is 11.3. The minimum Gasteiger partial charge on any atom is -0.497 e. The van der Waals surface area contributed by atoms with Crippen LogP contribution in [0.1, 0.15) is 12.1 Å². The van der Waals surface area contributed by atoms with Crippen LogP contribution in [0.4, 0.5) is 0 Å². The molecule has 0 spiro atoms. The van der Waals surface area contributed by atoms with E-state index in [0.717, 1.165) is 30.0 Å². The summed E-state index contributed by atoms with van der Waals surface area (Å²) in [4.78, 5) is 4.47. The lowest BCUT2D eigenvalue weighted by Gasteiger charge is -2.21. The van der Waals surface area contributed by atoms with Crippen molar-refractivity contribution in [3.05, 3.63) is 36.2 Å². The summed E-state index contributed by atoms with van der Waals surface area (Å²) in [6.45, 7) is 0.627. The zero-order chi connectivity index (χ0) is 12.5. The molecule has 2 heterocycles. The summed E-state index contributed by atoms with van der Waals surface area (Å²) in [5.74, 6) is 1.73. The topological polar surface area (TPSA) is 47.3 Å². The molecule has 0 aliphatic carbocycles. The highest BCUT2D eigenvalue weighted by Gasteiger charge is 2.20. The van der Waals surface area contributed by atoms with Gasteiger partial charge in [-0.15, -0.1) is 0 Å². The molecule has 4 heteroatoms. The van der Waals surface area contributed by atoms with Crippen LogP contribution < -0.4 is 4.74 Å². The molecule has 1 aliphatic heterocycles. The molecule has 1 aromatic heterocycles. The molecule has 3 rings (SSSR count). The summed E-state index contributed by atoms with van der Waals surface area (Å²) in [6, 6.07) is 7.85. The van der Waals surface area contributed by atoms with Crippen LogP contribution in [0.5, 0.6) is 5.75 Å². The van der Waals surface area contributed by atoms with Crippen molar-refractivity contribution in [2.24, 2.45) is 0 Å². The van der Waals surface area contributed by atoms with Gasteiger partial charge in [0, 0.05) is 17.5 Å². The van der Waals surface area contributed by atoms with Crippen molar-refractivity contribution in [2.45, 2.75) is 25.5 Å². The highest BCUT2D eigenvalue weighted by Crippen LogP contribution is 2.26. The highest BCUT2D eigenvalue weighted by atomic mass is 16.5. The van der Waals surface area contributed by atoms with E-state index in [4.69, 9.17) is 4.74 Å². The third-order valence-electron chi connectivity index (χ3n) is 3.39. The monoisotopic (exact) mass is 244 g/mol. The fourth-order valence-corrected chi connectivity index (χ4v) is 2.42. The minimum atomic E-state index is -0.268. The molecule has 1 aromatic carbocycles. The second-order valence-corrected chi connectivity index (χ2v) is 4.61. The number of aliphatic hydroxyl groups is 1. The fourth-order valence-electron chi connectivity index (χ4n) is 2.42. The van der Waals surface area contributed by atoms with Crippen LogP contribution in [0, 0.1) is 0 Å². The van der Waals surface area contributed by atoms with E-state index in [1.165, 1.54) is 5.69 Å². The molecule has 4 nitrogen and oxygen atoms in total. The Morgan fingerprint density at radius 2 is 2.33 bits per heavy atom. The van der Waals surface area contributed by atoms with Gasteiger partial charge in [0.15, 0.2) is 0 Å². The van der Waals surface area contributed by atoms with Crippen molar-refractivity contribution in [3.8, 4) is 17.1 Å². The van der Waals surface area contributed by atoms with E-state index < -0.39 is 0 Å². The lowest BCUT2D eigenvalue weighted by atomic mass is 10.1. The Hall–Kier alpha value is -1.81. The lowest BCUT2D eigenvalue weighted by Crippen LogP contribution is -2.24. The largest absolute Gasteiger partial charge is 0.497 e. The number of aliphatic hydroxyl groups excluding tert-OH is 1. The van der Waals surface area contributed by atoms with Crippen molar-refractivity contribution in [3.63, 3.8) is 0 Å². The summed E-state index contributed by atoms with van der Waals surface area (Å²) in [7, 11) is 1.66. The van der Waals surface area contributed by atoms with Gasteiger partial charge in [-0.3, -0.25) is 0 Å². The number of fused-ring (bicyclic) bond motifs is 1. The van der Waals surface area contributed by atoms with Crippen molar-refractivity contribution in [1.29, 1.82) is 0 Å². The Morgan fingerprint density at radius 1 is 1.44 bits per heavy atom. The van der Waals surface area contributed by atoms with Gasteiger partial charge in [-0.25, -0.2) is 4.98 Å². The number of methoxy groups -OCH3 is 1. The maximum absolute atomic E-state index is 9.77. The van der Waals surface area contributed by atoms with Crippen LogP contribution in [-0.2, 0) is 13.0 Å². The molecule has 0 radical (unpaired) electrons. The molecule has 1 N–H and O–H groups in total. The number of hydrogen-bond donors (Lipinski definition) is 1. The predicted octanol–water partition coefficient (Wildman–Crippen LogP) is 1.87. The van der Waals surface area contributed by atoms with E-state index >= 15 is 0 Å². The van der Waals surface area contributed by atoms with Gasteiger partial charge in [-0.05, 0) is 25.0 Å². The van der Waals surface area contributed by atoms with Crippen LogP contribution >= 0.6 is 0 Å².